The maximum atomic E-state index is 12.8. The quantitative estimate of drug-likeness (QED) is 0.378. The lowest BCUT2D eigenvalue weighted by Gasteiger charge is -2.01. The van der Waals surface area contributed by atoms with Gasteiger partial charge in [-0.1, -0.05) is 53.8 Å². The number of esters is 1. The third kappa shape index (κ3) is 4.12. The Hall–Kier alpha value is -3.65. The fraction of sp³-hybridized carbons (Fsp3) is 0.0952. The van der Waals surface area contributed by atoms with Crippen molar-refractivity contribution in [1.29, 1.82) is 0 Å². The molecule has 0 fully saturated rings. The van der Waals surface area contributed by atoms with E-state index in [1.807, 2.05) is 30.3 Å². The summed E-state index contributed by atoms with van der Waals surface area (Å²) < 4.78 is 6.60. The van der Waals surface area contributed by atoms with Crippen molar-refractivity contribution in [2.45, 2.75) is 13.3 Å². The van der Waals surface area contributed by atoms with Gasteiger partial charge in [-0.2, -0.15) is 14.6 Å². The minimum atomic E-state index is -0.446. The van der Waals surface area contributed by atoms with Crippen LogP contribution in [0.25, 0.3) is 11.0 Å². The molecule has 0 aliphatic heterocycles. The smallest absolute Gasteiger partial charge is 0.308 e. The lowest BCUT2D eigenvalue weighted by molar-refractivity contribution is -0.131. The van der Waals surface area contributed by atoms with Crippen molar-refractivity contribution in [2.75, 3.05) is 0 Å². The summed E-state index contributed by atoms with van der Waals surface area (Å²) in [7, 11) is 0. The Balaban J connectivity index is 1.76. The zero-order valence-electron chi connectivity index (χ0n) is 15.4. The fourth-order valence-corrected chi connectivity index (χ4v) is 3.73. The van der Waals surface area contributed by atoms with Crippen molar-refractivity contribution in [1.82, 2.24) is 14.6 Å². The zero-order chi connectivity index (χ0) is 20.4. The standard InChI is InChI=1S/C21H15N3O4S/c1-13(25)28-16-9-5-8-15(10-16)12-18-20(27)24-21(29-18)22-19(26)17(23-24)11-14-6-3-2-4-7-14/h2-10,12H,11H2,1H3. The second-order valence-corrected chi connectivity index (χ2v) is 7.31. The van der Waals surface area contributed by atoms with Crippen molar-refractivity contribution in [3.63, 3.8) is 0 Å². The number of rotatable bonds is 4. The molecule has 0 aliphatic rings. The third-order valence-electron chi connectivity index (χ3n) is 4.08. The molecule has 4 rings (SSSR count). The van der Waals surface area contributed by atoms with Crippen molar-refractivity contribution in [2.24, 2.45) is 0 Å². The molecule has 2 heterocycles. The zero-order valence-corrected chi connectivity index (χ0v) is 16.2. The van der Waals surface area contributed by atoms with Gasteiger partial charge in [-0.05, 0) is 29.3 Å². The summed E-state index contributed by atoms with van der Waals surface area (Å²) in [4.78, 5) is 40.5. The van der Waals surface area contributed by atoms with E-state index in [1.54, 1.807) is 30.3 Å². The minimum Gasteiger partial charge on any atom is -0.427 e. The summed E-state index contributed by atoms with van der Waals surface area (Å²) in [6.07, 6.45) is 1.95. The third-order valence-corrected chi connectivity index (χ3v) is 5.04. The van der Waals surface area contributed by atoms with Crippen molar-refractivity contribution in [3.05, 3.63) is 96.7 Å². The van der Waals surface area contributed by atoms with Gasteiger partial charge in [-0.15, -0.1) is 0 Å². The predicted octanol–water partition coefficient (Wildman–Crippen LogP) is 1.57. The van der Waals surface area contributed by atoms with E-state index in [4.69, 9.17) is 4.74 Å². The van der Waals surface area contributed by atoms with E-state index in [0.29, 0.717) is 22.3 Å². The summed E-state index contributed by atoms with van der Waals surface area (Å²) in [5.41, 5.74) is 1.01. The lowest BCUT2D eigenvalue weighted by Crippen LogP contribution is -2.28. The Labute approximate surface area is 168 Å². The van der Waals surface area contributed by atoms with Gasteiger partial charge in [-0.25, -0.2) is 0 Å². The number of carbonyl (C=O) groups is 1. The lowest BCUT2D eigenvalue weighted by atomic mass is 10.1. The number of hydrogen-bond donors (Lipinski definition) is 0. The molecule has 4 aromatic rings. The van der Waals surface area contributed by atoms with Crippen LogP contribution >= 0.6 is 11.3 Å². The van der Waals surface area contributed by atoms with Gasteiger partial charge in [-0.3, -0.25) is 14.4 Å². The highest BCUT2D eigenvalue weighted by atomic mass is 32.1. The molecule has 0 amide bonds. The SMILES string of the molecule is CC(=O)Oc1cccc(C=c2sc3nc(=O)c(Cc4ccccc4)nn3c2=O)c1. The first-order valence-corrected chi connectivity index (χ1v) is 9.58. The van der Waals surface area contributed by atoms with Gasteiger partial charge in [0, 0.05) is 13.3 Å². The van der Waals surface area contributed by atoms with Crippen LogP contribution in [0.3, 0.4) is 0 Å². The van der Waals surface area contributed by atoms with E-state index >= 15 is 0 Å². The van der Waals surface area contributed by atoms with E-state index in [0.717, 1.165) is 21.4 Å². The highest BCUT2D eigenvalue weighted by Crippen LogP contribution is 2.14. The van der Waals surface area contributed by atoms with E-state index in [-0.39, 0.29) is 16.2 Å². The van der Waals surface area contributed by atoms with Crippen LogP contribution in [0, 0.1) is 0 Å². The van der Waals surface area contributed by atoms with Crippen molar-refractivity contribution < 1.29 is 9.53 Å². The molecule has 8 heteroatoms. The van der Waals surface area contributed by atoms with Crippen molar-refractivity contribution >= 4 is 28.3 Å². The number of ether oxygens (including phenoxy) is 1. The van der Waals surface area contributed by atoms with Crippen LogP contribution in [-0.4, -0.2) is 20.6 Å². The summed E-state index contributed by atoms with van der Waals surface area (Å²) in [6, 6.07) is 16.2. The maximum Gasteiger partial charge on any atom is 0.308 e. The molecule has 0 aliphatic carbocycles. The van der Waals surface area contributed by atoms with Crippen LogP contribution in [0.2, 0.25) is 0 Å². The molecule has 0 saturated heterocycles. The number of benzene rings is 2. The molecule has 0 radical (unpaired) electrons. The second-order valence-electron chi connectivity index (χ2n) is 6.30. The van der Waals surface area contributed by atoms with Crippen LogP contribution in [0.4, 0.5) is 0 Å². The monoisotopic (exact) mass is 405 g/mol. The number of aromatic nitrogens is 3. The van der Waals surface area contributed by atoms with Crippen LogP contribution in [0.15, 0.2) is 64.2 Å². The Kier molecular flexibility index (Phi) is 5.01. The van der Waals surface area contributed by atoms with E-state index in [9.17, 15) is 14.4 Å². The highest BCUT2D eigenvalue weighted by molar-refractivity contribution is 7.15. The average molecular weight is 405 g/mol. The molecule has 7 nitrogen and oxygen atoms in total. The Bertz CT molecular complexity index is 1380. The van der Waals surface area contributed by atoms with Crippen LogP contribution < -0.4 is 20.4 Å². The number of thiazole rings is 1. The fourth-order valence-electron chi connectivity index (χ4n) is 2.83. The molecular formula is C21H15N3O4S. The van der Waals surface area contributed by atoms with E-state index in [1.165, 1.54) is 6.92 Å². The van der Waals surface area contributed by atoms with Gasteiger partial charge in [0.15, 0.2) is 0 Å². The molecule has 29 heavy (non-hydrogen) atoms. The Morgan fingerprint density at radius 3 is 2.69 bits per heavy atom. The first-order chi connectivity index (χ1) is 14.0. The summed E-state index contributed by atoms with van der Waals surface area (Å²) in [6.45, 7) is 1.32. The second kappa shape index (κ2) is 7.76. The summed E-state index contributed by atoms with van der Waals surface area (Å²) in [5, 5.41) is 4.24. The van der Waals surface area contributed by atoms with E-state index < -0.39 is 11.5 Å². The maximum absolute atomic E-state index is 12.8. The number of carbonyl (C=O) groups excluding carboxylic acids is 1. The van der Waals surface area contributed by atoms with Gasteiger partial charge in [0.25, 0.3) is 11.1 Å². The summed E-state index contributed by atoms with van der Waals surface area (Å²) in [5.74, 6) is -0.0397. The molecule has 0 spiro atoms. The normalized spacial score (nSPS) is 11.7. The number of nitrogens with zero attached hydrogens (tertiary/aromatic N) is 3. The van der Waals surface area contributed by atoms with Crippen molar-refractivity contribution in [3.8, 4) is 5.75 Å². The summed E-state index contributed by atoms with van der Waals surface area (Å²) >= 11 is 1.08. The van der Waals surface area contributed by atoms with Gasteiger partial charge in [0.2, 0.25) is 4.96 Å². The van der Waals surface area contributed by atoms with Gasteiger partial charge in [0.1, 0.15) is 11.4 Å². The molecule has 2 aromatic carbocycles. The number of hydrogen-bond acceptors (Lipinski definition) is 7. The predicted molar refractivity (Wildman–Crippen MR) is 109 cm³/mol. The van der Waals surface area contributed by atoms with Gasteiger partial charge >= 0.3 is 5.97 Å². The Morgan fingerprint density at radius 1 is 1.14 bits per heavy atom. The van der Waals surface area contributed by atoms with Crippen LogP contribution in [0.1, 0.15) is 23.7 Å². The largest absolute Gasteiger partial charge is 0.427 e. The molecule has 144 valence electrons. The first-order valence-electron chi connectivity index (χ1n) is 8.76. The minimum absolute atomic E-state index is 0.215. The molecule has 0 N–H and O–H groups in total. The average Bonchev–Trinajstić information content (AvgIpc) is 2.97. The molecule has 0 atom stereocenters. The first kappa shape index (κ1) is 18.7. The van der Waals surface area contributed by atoms with E-state index in [2.05, 4.69) is 10.1 Å². The number of fused-ring (bicyclic) bond motifs is 1. The molecule has 0 unspecified atom stereocenters. The van der Waals surface area contributed by atoms with Crippen LogP contribution in [0.5, 0.6) is 5.75 Å². The van der Waals surface area contributed by atoms with Crippen LogP contribution in [-0.2, 0) is 11.2 Å². The molecule has 0 bridgehead atoms. The highest BCUT2D eigenvalue weighted by Gasteiger charge is 2.11. The molecule has 2 aromatic heterocycles. The Morgan fingerprint density at radius 2 is 1.93 bits per heavy atom. The topological polar surface area (TPSA) is 90.6 Å². The molecular weight excluding hydrogens is 390 g/mol. The van der Waals surface area contributed by atoms with Gasteiger partial charge in [0.05, 0.1) is 4.53 Å². The molecule has 0 saturated carbocycles. The van der Waals surface area contributed by atoms with Gasteiger partial charge < -0.3 is 4.74 Å².